The van der Waals surface area contributed by atoms with Crippen molar-refractivity contribution in [2.24, 2.45) is 5.92 Å². The van der Waals surface area contributed by atoms with Gasteiger partial charge in [-0.2, -0.15) is 0 Å². The van der Waals surface area contributed by atoms with E-state index in [4.69, 9.17) is 23.7 Å². The van der Waals surface area contributed by atoms with E-state index < -0.39 is 36.4 Å². The summed E-state index contributed by atoms with van der Waals surface area (Å²) in [6.07, 6.45) is -2.16. The summed E-state index contributed by atoms with van der Waals surface area (Å²) < 4.78 is 28.8. The molecule has 4 rings (SSSR count). The Bertz CT molecular complexity index is 1070. The number of benzene rings is 3. The fourth-order valence-corrected chi connectivity index (χ4v) is 3.93. The molecule has 1 aliphatic rings. The van der Waals surface area contributed by atoms with E-state index in [2.05, 4.69) is 0 Å². The Morgan fingerprint density at radius 2 is 1.34 bits per heavy atom. The largest absolute Gasteiger partial charge is 0.459 e. The summed E-state index contributed by atoms with van der Waals surface area (Å²) in [5, 5.41) is 0. The number of carbonyl (C=O) groups is 2. The van der Waals surface area contributed by atoms with E-state index in [0.717, 1.165) is 5.56 Å². The van der Waals surface area contributed by atoms with Gasteiger partial charge < -0.3 is 23.7 Å². The van der Waals surface area contributed by atoms with Crippen LogP contribution in [0, 0.1) is 5.92 Å². The minimum Gasteiger partial charge on any atom is -0.459 e. The number of carbonyl (C=O) groups excluding carboxylic acids is 2. The zero-order valence-electron chi connectivity index (χ0n) is 19.4. The first-order valence-electron chi connectivity index (χ1n) is 11.4. The third-order valence-electron chi connectivity index (χ3n) is 5.77. The lowest BCUT2D eigenvalue weighted by atomic mass is 9.99. The van der Waals surface area contributed by atoms with Crippen molar-refractivity contribution in [3.05, 3.63) is 108 Å². The molecule has 0 aromatic heterocycles. The van der Waals surface area contributed by atoms with E-state index in [9.17, 15) is 9.59 Å². The van der Waals surface area contributed by atoms with Gasteiger partial charge in [-0.15, -0.1) is 0 Å². The number of methoxy groups -OCH3 is 1. The highest BCUT2D eigenvalue weighted by Crippen LogP contribution is 2.32. The van der Waals surface area contributed by atoms with Crippen molar-refractivity contribution in [3.63, 3.8) is 0 Å². The number of rotatable bonds is 10. The smallest absolute Gasteiger partial charge is 0.338 e. The summed E-state index contributed by atoms with van der Waals surface area (Å²) in [6, 6.07) is 27.2. The van der Waals surface area contributed by atoms with Gasteiger partial charge >= 0.3 is 11.9 Å². The molecule has 1 fully saturated rings. The summed E-state index contributed by atoms with van der Waals surface area (Å²) in [7, 11) is 1.48. The predicted octanol–water partition coefficient (Wildman–Crippen LogP) is 4.27. The lowest BCUT2D eigenvalue weighted by Crippen LogP contribution is -2.37. The van der Waals surface area contributed by atoms with E-state index in [1.807, 2.05) is 42.5 Å². The van der Waals surface area contributed by atoms with Crippen molar-refractivity contribution in [1.29, 1.82) is 0 Å². The molecule has 4 unspecified atom stereocenters. The average molecular weight is 477 g/mol. The molecule has 0 bridgehead atoms. The van der Waals surface area contributed by atoms with Crippen LogP contribution in [0.3, 0.4) is 0 Å². The van der Waals surface area contributed by atoms with Crippen LogP contribution in [0.1, 0.15) is 26.3 Å². The van der Waals surface area contributed by atoms with Crippen LogP contribution in [-0.4, -0.2) is 50.8 Å². The molecule has 4 atom stereocenters. The summed E-state index contributed by atoms with van der Waals surface area (Å²) in [5.41, 5.74) is 1.88. The summed E-state index contributed by atoms with van der Waals surface area (Å²) in [4.78, 5) is 25.3. The van der Waals surface area contributed by atoms with Crippen LogP contribution in [-0.2, 0) is 30.3 Å². The van der Waals surface area contributed by atoms with Gasteiger partial charge in [0.25, 0.3) is 0 Å². The number of hydrogen-bond acceptors (Lipinski definition) is 7. The lowest BCUT2D eigenvalue weighted by molar-refractivity contribution is -0.155. The van der Waals surface area contributed by atoms with Crippen LogP contribution in [0.5, 0.6) is 0 Å². The third kappa shape index (κ3) is 6.54. The van der Waals surface area contributed by atoms with E-state index in [1.165, 1.54) is 7.11 Å². The zero-order chi connectivity index (χ0) is 24.5. The van der Waals surface area contributed by atoms with Crippen LogP contribution in [0.4, 0.5) is 0 Å². The second-order valence-electron chi connectivity index (χ2n) is 8.14. The number of esters is 2. The molecule has 0 amide bonds. The SMILES string of the molecule is COC1OC(COC(=O)c2ccccc2)C(COCc2ccccc2)C1OC(=O)c1ccccc1. The van der Waals surface area contributed by atoms with Gasteiger partial charge in [0, 0.05) is 7.11 Å². The van der Waals surface area contributed by atoms with Crippen LogP contribution in [0.2, 0.25) is 0 Å². The molecule has 3 aromatic carbocycles. The Morgan fingerprint density at radius 3 is 1.94 bits per heavy atom. The first kappa shape index (κ1) is 24.6. The zero-order valence-corrected chi connectivity index (χ0v) is 19.4. The molecule has 0 radical (unpaired) electrons. The van der Waals surface area contributed by atoms with Gasteiger partial charge in [0.05, 0.1) is 30.3 Å². The molecule has 0 saturated carbocycles. The highest BCUT2D eigenvalue weighted by molar-refractivity contribution is 5.89. The number of hydrogen-bond donors (Lipinski definition) is 0. The quantitative estimate of drug-likeness (QED) is 0.404. The minimum atomic E-state index is -0.826. The molecule has 0 aliphatic carbocycles. The Labute approximate surface area is 204 Å². The maximum Gasteiger partial charge on any atom is 0.338 e. The summed E-state index contributed by atoms with van der Waals surface area (Å²) in [5.74, 6) is -1.37. The fraction of sp³-hybridized carbons (Fsp3) is 0.286. The number of ether oxygens (including phenoxy) is 5. The first-order valence-corrected chi connectivity index (χ1v) is 11.4. The van der Waals surface area contributed by atoms with Gasteiger partial charge in [-0.3, -0.25) is 0 Å². The average Bonchev–Trinajstić information content (AvgIpc) is 3.24. The van der Waals surface area contributed by atoms with E-state index >= 15 is 0 Å². The second-order valence-corrected chi connectivity index (χ2v) is 8.14. The van der Waals surface area contributed by atoms with Gasteiger partial charge in [-0.05, 0) is 29.8 Å². The topological polar surface area (TPSA) is 80.3 Å². The van der Waals surface area contributed by atoms with Crippen molar-refractivity contribution in [1.82, 2.24) is 0 Å². The second kappa shape index (κ2) is 12.3. The molecule has 182 valence electrons. The molecule has 7 nitrogen and oxygen atoms in total. The first-order chi connectivity index (χ1) is 17.2. The van der Waals surface area contributed by atoms with Gasteiger partial charge in [0.1, 0.15) is 12.7 Å². The molecule has 35 heavy (non-hydrogen) atoms. The van der Waals surface area contributed by atoms with Crippen molar-refractivity contribution >= 4 is 11.9 Å². The normalized spacial score (nSPS) is 21.4. The standard InChI is InChI=1S/C28H28O7/c1-31-28-25(35-27(30)22-15-9-4-10-16-22)23(18-32-17-20-11-5-2-6-12-20)24(34-28)19-33-26(29)21-13-7-3-8-14-21/h2-16,23-25,28H,17-19H2,1H3. The minimum absolute atomic E-state index is 0.0354. The molecule has 1 heterocycles. The molecule has 0 spiro atoms. The van der Waals surface area contributed by atoms with Crippen LogP contribution in [0.25, 0.3) is 0 Å². The Hall–Kier alpha value is -3.52. The highest BCUT2D eigenvalue weighted by Gasteiger charge is 2.48. The van der Waals surface area contributed by atoms with Gasteiger partial charge in [-0.25, -0.2) is 9.59 Å². The van der Waals surface area contributed by atoms with Crippen molar-refractivity contribution in [2.75, 3.05) is 20.3 Å². The maximum atomic E-state index is 12.8. The Balaban J connectivity index is 1.46. The Morgan fingerprint density at radius 1 is 0.771 bits per heavy atom. The van der Waals surface area contributed by atoms with Crippen molar-refractivity contribution in [2.45, 2.75) is 25.1 Å². The summed E-state index contributed by atoms with van der Waals surface area (Å²) in [6.45, 7) is 0.562. The van der Waals surface area contributed by atoms with Crippen LogP contribution in [0.15, 0.2) is 91.0 Å². The maximum absolute atomic E-state index is 12.8. The Kier molecular flexibility index (Phi) is 8.62. The highest BCUT2D eigenvalue weighted by atomic mass is 16.7. The summed E-state index contributed by atoms with van der Waals surface area (Å²) >= 11 is 0. The van der Waals surface area contributed by atoms with Crippen LogP contribution < -0.4 is 0 Å². The molecular weight excluding hydrogens is 448 g/mol. The van der Waals surface area contributed by atoms with E-state index in [0.29, 0.717) is 17.7 Å². The van der Waals surface area contributed by atoms with E-state index in [-0.39, 0.29) is 13.2 Å². The molecule has 3 aromatic rings. The molecule has 1 aliphatic heterocycles. The van der Waals surface area contributed by atoms with Crippen molar-refractivity contribution in [3.8, 4) is 0 Å². The van der Waals surface area contributed by atoms with Gasteiger partial charge in [-0.1, -0.05) is 66.7 Å². The molecule has 0 N–H and O–H groups in total. The van der Waals surface area contributed by atoms with E-state index in [1.54, 1.807) is 48.5 Å². The lowest BCUT2D eigenvalue weighted by Gasteiger charge is -2.24. The molecule has 1 saturated heterocycles. The predicted molar refractivity (Wildman–Crippen MR) is 128 cm³/mol. The van der Waals surface area contributed by atoms with Crippen molar-refractivity contribution < 1.29 is 33.3 Å². The van der Waals surface area contributed by atoms with Gasteiger partial charge in [0.2, 0.25) is 0 Å². The molecular formula is C28H28O7. The van der Waals surface area contributed by atoms with Crippen LogP contribution >= 0.6 is 0 Å². The van der Waals surface area contributed by atoms with Gasteiger partial charge in [0.15, 0.2) is 12.4 Å². The monoisotopic (exact) mass is 476 g/mol. The third-order valence-corrected chi connectivity index (χ3v) is 5.77. The molecule has 7 heteroatoms. The fourth-order valence-electron chi connectivity index (χ4n) is 3.93.